The molecule has 94 valence electrons. The largest absolute Gasteiger partial charge is 0.315 e. The molecule has 6 nitrogen and oxygen atoms in total. The van der Waals surface area contributed by atoms with Gasteiger partial charge in [0.05, 0.1) is 5.69 Å². The predicted molar refractivity (Wildman–Crippen MR) is 63.8 cm³/mol. The van der Waals surface area contributed by atoms with E-state index < -0.39 is 15.3 Å². The van der Waals surface area contributed by atoms with Crippen LogP contribution >= 0.6 is 0 Å². The second kappa shape index (κ2) is 5.07. The summed E-state index contributed by atoms with van der Waals surface area (Å²) in [5.74, 6) is 0. The zero-order chi connectivity index (χ0) is 12.3. The highest BCUT2D eigenvalue weighted by Crippen LogP contribution is 2.18. The highest BCUT2D eigenvalue weighted by atomic mass is 32.2. The molecule has 2 rings (SSSR count). The van der Waals surface area contributed by atoms with Gasteiger partial charge in [0.15, 0.2) is 0 Å². The number of aromatic nitrogens is 2. The average molecular weight is 256 g/mol. The van der Waals surface area contributed by atoms with Crippen LogP contribution in [0.3, 0.4) is 0 Å². The number of sulfonamides is 1. The lowest BCUT2D eigenvalue weighted by Gasteiger charge is -2.16. The topological polar surface area (TPSA) is 84.0 Å². The van der Waals surface area contributed by atoms with Gasteiger partial charge < -0.3 is 5.32 Å². The lowest BCUT2D eigenvalue weighted by atomic mass is 10.3. The number of hydrogen-bond donors (Lipinski definition) is 2. The molecule has 7 heteroatoms. The molecule has 2 atom stereocenters. The third-order valence-electron chi connectivity index (χ3n) is 2.86. The molecule has 1 fully saturated rings. The van der Waals surface area contributed by atoms with E-state index in [1.54, 1.807) is 6.92 Å². The predicted octanol–water partition coefficient (Wildman–Crippen LogP) is -0.181. The maximum Gasteiger partial charge on any atom is 0.220 e. The standard InChI is InChI=1S/C10H16N4O2S/c1-8(10-7-12-4-5-13-10)17(15,16)14-9-2-3-11-6-9/h4-5,7-9,11,14H,2-3,6H2,1H3/t8-,9-/m1/s1. The van der Waals surface area contributed by atoms with Crippen LogP contribution in [0.1, 0.15) is 24.3 Å². The molecule has 2 heterocycles. The van der Waals surface area contributed by atoms with Gasteiger partial charge in [0.2, 0.25) is 10.0 Å². The van der Waals surface area contributed by atoms with Crippen LogP contribution in [-0.2, 0) is 10.0 Å². The van der Waals surface area contributed by atoms with Gasteiger partial charge in [-0.25, -0.2) is 13.1 Å². The van der Waals surface area contributed by atoms with E-state index in [1.165, 1.54) is 18.6 Å². The summed E-state index contributed by atoms with van der Waals surface area (Å²) in [4.78, 5) is 7.91. The molecule has 0 saturated carbocycles. The summed E-state index contributed by atoms with van der Waals surface area (Å²) in [7, 11) is -3.39. The summed E-state index contributed by atoms with van der Waals surface area (Å²) in [5.41, 5.74) is 0.464. The maximum atomic E-state index is 12.1. The molecule has 1 saturated heterocycles. The zero-order valence-corrected chi connectivity index (χ0v) is 10.4. The summed E-state index contributed by atoms with van der Waals surface area (Å²) in [6.45, 7) is 3.16. The Morgan fingerprint density at radius 2 is 2.35 bits per heavy atom. The fourth-order valence-electron chi connectivity index (χ4n) is 1.77. The van der Waals surface area contributed by atoms with Crippen molar-refractivity contribution in [2.45, 2.75) is 24.6 Å². The van der Waals surface area contributed by atoms with Crippen LogP contribution in [0.5, 0.6) is 0 Å². The Morgan fingerprint density at radius 1 is 1.53 bits per heavy atom. The van der Waals surface area contributed by atoms with Crippen molar-refractivity contribution in [3.63, 3.8) is 0 Å². The highest BCUT2D eigenvalue weighted by molar-refractivity contribution is 7.89. The van der Waals surface area contributed by atoms with Crippen molar-refractivity contribution in [3.05, 3.63) is 24.3 Å². The van der Waals surface area contributed by atoms with E-state index in [0.29, 0.717) is 12.2 Å². The smallest absolute Gasteiger partial charge is 0.220 e. The van der Waals surface area contributed by atoms with Crippen LogP contribution in [0, 0.1) is 0 Å². The van der Waals surface area contributed by atoms with Gasteiger partial charge in [-0.3, -0.25) is 9.97 Å². The molecule has 1 aliphatic heterocycles. The fraction of sp³-hybridized carbons (Fsp3) is 0.600. The molecular formula is C10H16N4O2S. The van der Waals surface area contributed by atoms with E-state index >= 15 is 0 Å². The van der Waals surface area contributed by atoms with Gasteiger partial charge in [-0.15, -0.1) is 0 Å². The summed E-state index contributed by atoms with van der Waals surface area (Å²) >= 11 is 0. The maximum absolute atomic E-state index is 12.1. The van der Waals surface area contributed by atoms with Crippen LogP contribution in [0.4, 0.5) is 0 Å². The molecule has 1 aromatic heterocycles. The highest BCUT2D eigenvalue weighted by Gasteiger charge is 2.28. The minimum absolute atomic E-state index is 0.0147. The van der Waals surface area contributed by atoms with Crippen molar-refractivity contribution >= 4 is 10.0 Å². The van der Waals surface area contributed by atoms with E-state index in [1.807, 2.05) is 0 Å². The normalized spacial score (nSPS) is 22.5. The number of nitrogens with one attached hydrogen (secondary N) is 2. The Morgan fingerprint density at radius 3 is 2.94 bits per heavy atom. The zero-order valence-electron chi connectivity index (χ0n) is 9.63. The molecule has 0 aliphatic carbocycles. The molecule has 0 amide bonds. The van der Waals surface area contributed by atoms with E-state index in [0.717, 1.165) is 13.0 Å². The Kier molecular flexibility index (Phi) is 3.70. The Labute approximate surface area is 101 Å². The summed E-state index contributed by atoms with van der Waals surface area (Å²) < 4.78 is 26.9. The minimum Gasteiger partial charge on any atom is -0.315 e. The van der Waals surface area contributed by atoms with Crippen LogP contribution in [0.25, 0.3) is 0 Å². The molecule has 17 heavy (non-hydrogen) atoms. The van der Waals surface area contributed by atoms with E-state index in [4.69, 9.17) is 0 Å². The second-order valence-electron chi connectivity index (χ2n) is 4.13. The number of nitrogens with zero attached hydrogens (tertiary/aromatic N) is 2. The first-order valence-electron chi connectivity index (χ1n) is 5.57. The Hall–Kier alpha value is -1.05. The molecule has 1 aliphatic rings. The Bertz CT molecular complexity index is 456. The first-order valence-corrected chi connectivity index (χ1v) is 7.12. The van der Waals surface area contributed by atoms with Crippen molar-refractivity contribution in [2.75, 3.05) is 13.1 Å². The molecule has 0 aromatic carbocycles. The lowest BCUT2D eigenvalue weighted by molar-refractivity contribution is 0.549. The monoisotopic (exact) mass is 256 g/mol. The summed E-state index contributed by atoms with van der Waals surface area (Å²) in [5, 5.41) is 2.44. The lowest BCUT2D eigenvalue weighted by Crippen LogP contribution is -2.38. The molecule has 0 bridgehead atoms. The first kappa shape index (κ1) is 12.4. The van der Waals surface area contributed by atoms with Crippen LogP contribution in [-0.4, -0.2) is 37.5 Å². The van der Waals surface area contributed by atoms with Gasteiger partial charge in [0.1, 0.15) is 5.25 Å². The van der Waals surface area contributed by atoms with E-state index in [-0.39, 0.29) is 6.04 Å². The molecule has 1 aromatic rings. The van der Waals surface area contributed by atoms with Crippen molar-refractivity contribution < 1.29 is 8.42 Å². The van der Waals surface area contributed by atoms with Gasteiger partial charge in [-0.1, -0.05) is 0 Å². The second-order valence-corrected chi connectivity index (χ2v) is 6.16. The first-order chi connectivity index (χ1) is 8.09. The van der Waals surface area contributed by atoms with Crippen LogP contribution in [0.15, 0.2) is 18.6 Å². The van der Waals surface area contributed by atoms with Gasteiger partial charge in [0.25, 0.3) is 0 Å². The molecule has 0 unspecified atom stereocenters. The van der Waals surface area contributed by atoms with Crippen LogP contribution < -0.4 is 10.0 Å². The van der Waals surface area contributed by atoms with E-state index in [2.05, 4.69) is 20.0 Å². The molecule has 0 spiro atoms. The molecule has 2 N–H and O–H groups in total. The SMILES string of the molecule is C[C@H](c1cnccn1)S(=O)(=O)N[C@@H]1CCNC1. The Balaban J connectivity index is 2.09. The van der Waals surface area contributed by atoms with Gasteiger partial charge in [-0.2, -0.15) is 0 Å². The summed E-state index contributed by atoms with van der Waals surface area (Å²) in [6.07, 6.45) is 5.33. The van der Waals surface area contributed by atoms with Gasteiger partial charge in [0, 0.05) is 31.2 Å². The van der Waals surface area contributed by atoms with Crippen molar-refractivity contribution in [1.82, 2.24) is 20.0 Å². The third-order valence-corrected chi connectivity index (χ3v) is 4.69. The van der Waals surface area contributed by atoms with Crippen LogP contribution in [0.2, 0.25) is 0 Å². The average Bonchev–Trinajstić information content (AvgIpc) is 2.81. The number of rotatable bonds is 4. The number of hydrogen-bond acceptors (Lipinski definition) is 5. The molecular weight excluding hydrogens is 240 g/mol. The minimum atomic E-state index is -3.39. The van der Waals surface area contributed by atoms with Gasteiger partial charge >= 0.3 is 0 Å². The summed E-state index contributed by atoms with van der Waals surface area (Å²) in [6, 6.07) is -0.0147. The quantitative estimate of drug-likeness (QED) is 0.780. The van der Waals surface area contributed by atoms with Gasteiger partial charge in [-0.05, 0) is 19.9 Å². The van der Waals surface area contributed by atoms with Crippen molar-refractivity contribution in [2.24, 2.45) is 0 Å². The third kappa shape index (κ3) is 2.99. The van der Waals surface area contributed by atoms with E-state index in [9.17, 15) is 8.42 Å². The fourth-order valence-corrected chi connectivity index (χ4v) is 3.08. The van der Waals surface area contributed by atoms with Crippen molar-refractivity contribution in [3.8, 4) is 0 Å². The van der Waals surface area contributed by atoms with Crippen molar-refractivity contribution in [1.29, 1.82) is 0 Å². The molecule has 0 radical (unpaired) electrons.